The number of carbonyl (C=O) groups excluding carboxylic acids is 1. The lowest BCUT2D eigenvalue weighted by Gasteiger charge is -2.13. The highest BCUT2D eigenvalue weighted by molar-refractivity contribution is 9.10. The van der Waals surface area contributed by atoms with Crippen molar-refractivity contribution in [3.05, 3.63) is 93.4 Å². The number of thiocarbonyl (C=S) groups is 1. The number of pyridine rings is 1. The molecule has 0 aliphatic carbocycles. The van der Waals surface area contributed by atoms with Crippen molar-refractivity contribution in [2.75, 3.05) is 5.32 Å². The second kappa shape index (κ2) is 9.14. The standard InChI is InChI=1S/C24H17BrClN3OS/c1-14-6-11-21(19(25)12-14)28-24(31)29-23(30)18-13-22(15-7-9-16(26)10-8-15)27-20-5-3-2-4-17(18)20/h2-13H,1H3,(H2,28,29,30,31). The van der Waals surface area contributed by atoms with E-state index < -0.39 is 0 Å². The number of anilines is 1. The maximum Gasteiger partial charge on any atom is 0.258 e. The summed E-state index contributed by atoms with van der Waals surface area (Å²) in [6.45, 7) is 2.00. The number of nitrogens with one attached hydrogen (secondary N) is 2. The zero-order valence-electron chi connectivity index (χ0n) is 16.4. The van der Waals surface area contributed by atoms with E-state index in [0.29, 0.717) is 16.3 Å². The minimum atomic E-state index is -0.311. The lowest BCUT2D eigenvalue weighted by Crippen LogP contribution is -2.34. The molecule has 1 aromatic heterocycles. The Kier molecular flexibility index (Phi) is 6.32. The van der Waals surface area contributed by atoms with Crippen molar-refractivity contribution < 1.29 is 4.79 Å². The van der Waals surface area contributed by atoms with Crippen LogP contribution in [-0.2, 0) is 0 Å². The number of aromatic nitrogens is 1. The van der Waals surface area contributed by atoms with E-state index >= 15 is 0 Å². The van der Waals surface area contributed by atoms with Gasteiger partial charge >= 0.3 is 0 Å². The Labute approximate surface area is 198 Å². The molecule has 7 heteroatoms. The summed E-state index contributed by atoms with van der Waals surface area (Å²) in [4.78, 5) is 17.8. The van der Waals surface area contributed by atoms with Crippen LogP contribution in [0, 0.1) is 6.92 Å². The number of nitrogens with zero attached hydrogens (tertiary/aromatic N) is 1. The third-order valence-electron chi connectivity index (χ3n) is 4.70. The van der Waals surface area contributed by atoms with Gasteiger partial charge in [0.1, 0.15) is 0 Å². The van der Waals surface area contributed by atoms with Crippen molar-refractivity contribution >= 4 is 67.4 Å². The lowest BCUT2D eigenvalue weighted by molar-refractivity contribution is 0.0979. The molecular formula is C24H17BrClN3OS. The summed E-state index contributed by atoms with van der Waals surface area (Å²) in [5.74, 6) is -0.311. The molecule has 0 aliphatic heterocycles. The fourth-order valence-corrected chi connectivity index (χ4v) is 4.10. The number of amides is 1. The van der Waals surface area contributed by atoms with Crippen LogP contribution in [0.2, 0.25) is 5.02 Å². The molecule has 0 atom stereocenters. The third kappa shape index (κ3) is 4.93. The van der Waals surface area contributed by atoms with Crippen LogP contribution in [0.25, 0.3) is 22.2 Å². The number of aryl methyl sites for hydroxylation is 1. The Morgan fingerprint density at radius 1 is 1.03 bits per heavy atom. The van der Waals surface area contributed by atoms with Crippen molar-refractivity contribution in [3.8, 4) is 11.3 Å². The van der Waals surface area contributed by atoms with Gasteiger partial charge in [-0.1, -0.05) is 48.0 Å². The van der Waals surface area contributed by atoms with E-state index in [2.05, 4.69) is 26.6 Å². The molecule has 0 aliphatic rings. The smallest absolute Gasteiger partial charge is 0.258 e. The van der Waals surface area contributed by atoms with Gasteiger partial charge in [-0.05, 0) is 77.0 Å². The molecule has 0 bridgehead atoms. The zero-order chi connectivity index (χ0) is 22.0. The van der Waals surface area contributed by atoms with Crippen molar-refractivity contribution in [1.82, 2.24) is 10.3 Å². The van der Waals surface area contributed by atoms with Crippen LogP contribution >= 0.6 is 39.7 Å². The summed E-state index contributed by atoms with van der Waals surface area (Å²) in [6, 6.07) is 22.5. The summed E-state index contributed by atoms with van der Waals surface area (Å²) in [5.41, 5.74) is 4.65. The predicted molar refractivity (Wildman–Crippen MR) is 135 cm³/mol. The minimum Gasteiger partial charge on any atom is -0.331 e. The number of halogens is 2. The first kappa shape index (κ1) is 21.4. The quantitative estimate of drug-likeness (QED) is 0.299. The van der Waals surface area contributed by atoms with E-state index in [1.165, 1.54) is 0 Å². The molecule has 0 saturated heterocycles. The largest absolute Gasteiger partial charge is 0.331 e. The molecule has 0 unspecified atom stereocenters. The molecule has 4 rings (SSSR count). The van der Waals surface area contributed by atoms with Crippen LogP contribution in [0.4, 0.5) is 5.69 Å². The molecule has 31 heavy (non-hydrogen) atoms. The first-order chi connectivity index (χ1) is 14.9. The van der Waals surface area contributed by atoms with Crippen molar-refractivity contribution in [2.24, 2.45) is 0 Å². The van der Waals surface area contributed by atoms with E-state index in [4.69, 9.17) is 28.8 Å². The third-order valence-corrected chi connectivity index (χ3v) is 5.81. The van der Waals surface area contributed by atoms with Crippen molar-refractivity contribution in [3.63, 3.8) is 0 Å². The summed E-state index contributed by atoms with van der Waals surface area (Å²) < 4.78 is 0.864. The fourth-order valence-electron chi connectivity index (χ4n) is 3.18. The van der Waals surface area contributed by atoms with Gasteiger partial charge in [0.05, 0.1) is 22.5 Å². The fraction of sp³-hybridized carbons (Fsp3) is 0.0417. The molecule has 1 heterocycles. The highest BCUT2D eigenvalue weighted by Gasteiger charge is 2.15. The SMILES string of the molecule is Cc1ccc(NC(=S)NC(=O)c2cc(-c3ccc(Cl)cc3)nc3ccccc23)c(Br)c1. The Hall–Kier alpha value is -2.80. The average molecular weight is 511 g/mol. The second-order valence-corrected chi connectivity index (χ2v) is 8.67. The summed E-state index contributed by atoms with van der Waals surface area (Å²) in [6.07, 6.45) is 0. The second-order valence-electron chi connectivity index (χ2n) is 6.97. The van der Waals surface area contributed by atoms with Crippen molar-refractivity contribution in [2.45, 2.75) is 6.92 Å². The monoisotopic (exact) mass is 509 g/mol. The molecular weight excluding hydrogens is 494 g/mol. The average Bonchev–Trinajstić information content (AvgIpc) is 2.75. The first-order valence-electron chi connectivity index (χ1n) is 9.45. The highest BCUT2D eigenvalue weighted by atomic mass is 79.9. The van der Waals surface area contributed by atoms with E-state index in [9.17, 15) is 4.79 Å². The van der Waals surface area contributed by atoms with Gasteiger partial charge in [-0.15, -0.1) is 0 Å². The Morgan fingerprint density at radius 3 is 2.52 bits per heavy atom. The number of para-hydroxylation sites is 1. The predicted octanol–water partition coefficient (Wildman–Crippen LogP) is 6.75. The molecule has 0 spiro atoms. The van der Waals surface area contributed by atoms with Crippen LogP contribution in [-0.4, -0.2) is 16.0 Å². The van der Waals surface area contributed by atoms with Crippen LogP contribution in [0.1, 0.15) is 15.9 Å². The maximum absolute atomic E-state index is 13.1. The number of rotatable bonds is 3. The topological polar surface area (TPSA) is 54.0 Å². The number of carbonyl (C=O) groups is 1. The van der Waals surface area contributed by atoms with Gasteiger partial charge in [-0.3, -0.25) is 10.1 Å². The Balaban J connectivity index is 1.65. The Bertz CT molecular complexity index is 1310. The molecule has 4 nitrogen and oxygen atoms in total. The van der Waals surface area contributed by atoms with Gasteiger partial charge in [0.15, 0.2) is 5.11 Å². The number of hydrogen-bond donors (Lipinski definition) is 2. The van der Waals surface area contributed by atoms with Gasteiger partial charge in [-0.25, -0.2) is 4.98 Å². The molecule has 154 valence electrons. The minimum absolute atomic E-state index is 0.212. The number of benzene rings is 3. The molecule has 0 saturated carbocycles. The van der Waals surface area contributed by atoms with Gasteiger partial charge in [0.2, 0.25) is 0 Å². The van der Waals surface area contributed by atoms with Crippen molar-refractivity contribution in [1.29, 1.82) is 0 Å². The zero-order valence-corrected chi connectivity index (χ0v) is 19.6. The normalized spacial score (nSPS) is 10.7. The van der Waals surface area contributed by atoms with E-state index in [1.807, 2.05) is 61.5 Å². The van der Waals surface area contributed by atoms with Crippen LogP contribution in [0.15, 0.2) is 77.3 Å². The number of fused-ring (bicyclic) bond motifs is 1. The molecule has 1 amide bonds. The maximum atomic E-state index is 13.1. The van der Waals surface area contributed by atoms with Gasteiger partial charge in [-0.2, -0.15) is 0 Å². The molecule has 4 aromatic rings. The summed E-state index contributed by atoms with van der Waals surface area (Å²) in [7, 11) is 0. The summed E-state index contributed by atoms with van der Waals surface area (Å²) >= 11 is 14.9. The van der Waals surface area contributed by atoms with Crippen LogP contribution < -0.4 is 10.6 Å². The molecule has 2 N–H and O–H groups in total. The van der Waals surface area contributed by atoms with Crippen LogP contribution in [0.3, 0.4) is 0 Å². The lowest BCUT2D eigenvalue weighted by atomic mass is 10.0. The number of hydrogen-bond acceptors (Lipinski definition) is 3. The van der Waals surface area contributed by atoms with Gasteiger partial charge in [0, 0.05) is 20.4 Å². The van der Waals surface area contributed by atoms with E-state index in [-0.39, 0.29) is 11.0 Å². The van der Waals surface area contributed by atoms with E-state index in [1.54, 1.807) is 18.2 Å². The van der Waals surface area contributed by atoms with E-state index in [0.717, 1.165) is 32.2 Å². The molecule has 3 aromatic carbocycles. The molecule has 0 radical (unpaired) electrons. The Morgan fingerprint density at radius 2 is 1.77 bits per heavy atom. The highest BCUT2D eigenvalue weighted by Crippen LogP contribution is 2.26. The van der Waals surface area contributed by atoms with Gasteiger partial charge < -0.3 is 5.32 Å². The first-order valence-corrected chi connectivity index (χ1v) is 11.0. The van der Waals surface area contributed by atoms with Crippen LogP contribution in [0.5, 0.6) is 0 Å². The molecule has 0 fully saturated rings. The summed E-state index contributed by atoms with van der Waals surface area (Å²) in [5, 5.41) is 7.44. The van der Waals surface area contributed by atoms with Gasteiger partial charge in [0.25, 0.3) is 5.91 Å².